The Hall–Kier alpha value is -2.66. The zero-order valence-corrected chi connectivity index (χ0v) is 24.3. The molecule has 3 saturated carbocycles. The van der Waals surface area contributed by atoms with E-state index in [-0.39, 0.29) is 36.7 Å². The molecular weight excluding hydrogens is 567 g/mol. The van der Waals surface area contributed by atoms with Crippen molar-refractivity contribution in [3.05, 3.63) is 40.8 Å². The van der Waals surface area contributed by atoms with E-state index < -0.39 is 24.0 Å². The van der Waals surface area contributed by atoms with Gasteiger partial charge in [-0.15, -0.1) is 0 Å². The van der Waals surface area contributed by atoms with Gasteiger partial charge in [0.1, 0.15) is 5.76 Å². The first kappa shape index (κ1) is 28.1. The fourth-order valence-corrected chi connectivity index (χ4v) is 8.72. The monoisotopic (exact) mass is 603 g/mol. The van der Waals surface area contributed by atoms with Gasteiger partial charge < -0.3 is 19.3 Å². The number of rotatable bonds is 7. The van der Waals surface area contributed by atoms with Crippen LogP contribution in [0.4, 0.5) is 18.3 Å². The Morgan fingerprint density at radius 2 is 1.93 bits per heavy atom. The largest absolute Gasteiger partial charge is 0.478 e. The van der Waals surface area contributed by atoms with Crippen molar-refractivity contribution < 1.29 is 32.3 Å². The van der Waals surface area contributed by atoms with Crippen molar-refractivity contribution in [3.63, 3.8) is 0 Å². The predicted molar refractivity (Wildman–Crippen MR) is 152 cm³/mol. The molecule has 4 aliphatic rings. The lowest BCUT2D eigenvalue weighted by molar-refractivity contribution is -0.187. The summed E-state index contributed by atoms with van der Waals surface area (Å²) in [7, 11) is 0. The van der Waals surface area contributed by atoms with Gasteiger partial charge in [-0.1, -0.05) is 29.3 Å². The Labute approximate surface area is 246 Å². The number of fused-ring (bicyclic) bond motifs is 3. The number of nitrogens with zero attached hydrogens (tertiary/aromatic N) is 3. The van der Waals surface area contributed by atoms with Crippen molar-refractivity contribution in [2.75, 3.05) is 11.4 Å². The van der Waals surface area contributed by atoms with Gasteiger partial charge in [-0.05, 0) is 81.9 Å². The fourth-order valence-electron chi connectivity index (χ4n) is 7.62. The average Bonchev–Trinajstić information content (AvgIpc) is 3.62. The summed E-state index contributed by atoms with van der Waals surface area (Å²) in [4.78, 5) is 18.7. The minimum atomic E-state index is -4.25. The van der Waals surface area contributed by atoms with Crippen LogP contribution in [0.1, 0.15) is 110 Å². The maximum atomic E-state index is 14.0. The highest BCUT2D eigenvalue weighted by atomic mass is 32.1. The van der Waals surface area contributed by atoms with Crippen LogP contribution in [0.3, 0.4) is 0 Å². The van der Waals surface area contributed by atoms with Crippen LogP contribution >= 0.6 is 11.3 Å². The van der Waals surface area contributed by atoms with Crippen molar-refractivity contribution >= 4 is 32.7 Å². The van der Waals surface area contributed by atoms with Crippen molar-refractivity contribution in [2.24, 2.45) is 11.8 Å². The van der Waals surface area contributed by atoms with Crippen LogP contribution in [-0.2, 0) is 11.3 Å². The minimum Gasteiger partial charge on any atom is -0.478 e. The van der Waals surface area contributed by atoms with Crippen LogP contribution in [0.2, 0.25) is 0 Å². The predicted octanol–water partition coefficient (Wildman–Crippen LogP) is 8.05. The third-order valence-electron chi connectivity index (χ3n) is 9.86. The summed E-state index contributed by atoms with van der Waals surface area (Å²) >= 11 is 1.53. The molecule has 7 rings (SSSR count). The number of anilines is 1. The Morgan fingerprint density at radius 1 is 1.10 bits per heavy atom. The summed E-state index contributed by atoms with van der Waals surface area (Å²) in [5.41, 5.74) is 2.30. The van der Waals surface area contributed by atoms with Gasteiger partial charge in [-0.3, -0.25) is 0 Å². The summed E-state index contributed by atoms with van der Waals surface area (Å²) < 4.78 is 55.2. The maximum Gasteiger partial charge on any atom is 0.392 e. The van der Waals surface area contributed by atoms with E-state index in [4.69, 9.17) is 14.2 Å². The molecule has 3 heterocycles. The van der Waals surface area contributed by atoms with Gasteiger partial charge in [0.2, 0.25) is 0 Å². The summed E-state index contributed by atoms with van der Waals surface area (Å²) in [6.07, 6.45) is 4.65. The van der Waals surface area contributed by atoms with Crippen molar-refractivity contribution in [2.45, 2.75) is 107 Å². The number of hydrogen-bond acceptors (Lipinski definition) is 7. The molecular formula is C31H36F3N3O4S. The molecule has 11 heteroatoms. The Kier molecular flexibility index (Phi) is 7.45. The number of carboxylic acid groups (broad SMARTS) is 1. The Bertz CT molecular complexity index is 1450. The van der Waals surface area contributed by atoms with E-state index in [0.717, 1.165) is 84.6 Å². The maximum absolute atomic E-state index is 14.0. The third-order valence-corrected chi connectivity index (χ3v) is 10.9. The summed E-state index contributed by atoms with van der Waals surface area (Å²) in [6.45, 7) is 1.14. The number of benzene rings is 1. The van der Waals surface area contributed by atoms with Crippen LogP contribution in [0.5, 0.6) is 0 Å². The Balaban J connectivity index is 1.10. The molecule has 226 valence electrons. The quantitative estimate of drug-likeness (QED) is 0.292. The first-order valence-corrected chi connectivity index (χ1v) is 16.1. The molecule has 5 atom stereocenters. The summed E-state index contributed by atoms with van der Waals surface area (Å²) in [5.74, 6) is -1.50. The number of carbonyl (C=O) groups is 1. The SMILES string of the molecule is O=C(O)c1ccc2nc(N3CCC[C@H]4CC(OCc5c(C6CCCCC6C(F)(F)F)noc5C5CC5)CC3C4)sc2c1. The molecule has 4 unspecified atom stereocenters. The molecule has 0 spiro atoms. The van der Waals surface area contributed by atoms with E-state index in [1.165, 1.54) is 11.3 Å². The molecule has 2 bridgehead atoms. The second-order valence-corrected chi connectivity index (χ2v) is 13.7. The molecule has 7 nitrogen and oxygen atoms in total. The lowest BCUT2D eigenvalue weighted by Crippen LogP contribution is -2.42. The number of ether oxygens (including phenoxy) is 1. The van der Waals surface area contributed by atoms with Crippen LogP contribution < -0.4 is 4.90 Å². The van der Waals surface area contributed by atoms with Gasteiger partial charge in [0.15, 0.2) is 5.13 Å². The number of halogens is 3. The smallest absolute Gasteiger partial charge is 0.392 e. The molecule has 42 heavy (non-hydrogen) atoms. The second-order valence-electron chi connectivity index (χ2n) is 12.7. The van der Waals surface area contributed by atoms with Crippen LogP contribution in [0.25, 0.3) is 10.2 Å². The molecule has 1 aliphatic heterocycles. The van der Waals surface area contributed by atoms with E-state index in [0.29, 0.717) is 24.5 Å². The van der Waals surface area contributed by atoms with E-state index in [1.54, 1.807) is 18.2 Å². The molecule has 2 aromatic heterocycles. The van der Waals surface area contributed by atoms with E-state index >= 15 is 0 Å². The number of hydrogen-bond donors (Lipinski definition) is 1. The van der Waals surface area contributed by atoms with Crippen LogP contribution in [0.15, 0.2) is 22.7 Å². The van der Waals surface area contributed by atoms with Gasteiger partial charge in [-0.2, -0.15) is 13.2 Å². The zero-order valence-electron chi connectivity index (χ0n) is 23.4. The number of aromatic carboxylic acids is 1. The highest BCUT2D eigenvalue weighted by Crippen LogP contribution is 2.50. The number of alkyl halides is 3. The van der Waals surface area contributed by atoms with Crippen molar-refractivity contribution in [1.82, 2.24) is 10.1 Å². The highest BCUT2D eigenvalue weighted by Gasteiger charge is 2.48. The summed E-state index contributed by atoms with van der Waals surface area (Å²) in [6, 6.07) is 5.30. The normalized spacial score (nSPS) is 28.6. The third kappa shape index (κ3) is 5.54. The zero-order chi connectivity index (χ0) is 29.0. The molecule has 1 saturated heterocycles. The average molecular weight is 604 g/mol. The Morgan fingerprint density at radius 3 is 2.71 bits per heavy atom. The first-order valence-electron chi connectivity index (χ1n) is 15.3. The molecule has 1 aromatic carbocycles. The fraction of sp³-hybridized carbons (Fsp3) is 0.645. The van der Waals surface area contributed by atoms with Gasteiger partial charge >= 0.3 is 12.1 Å². The van der Waals surface area contributed by atoms with E-state index in [9.17, 15) is 23.1 Å². The number of aromatic nitrogens is 2. The molecule has 3 aromatic rings. The van der Waals surface area contributed by atoms with Gasteiger partial charge in [0, 0.05) is 30.0 Å². The standard InChI is InChI=1S/C31H36F3N3O4S/c32-31(33,34)24-6-2-1-5-22(24)27-23(28(41-36-27)18-7-8-18)16-40-21-13-17-4-3-11-37(20(12-17)15-21)30-35-25-10-9-19(29(38)39)14-26(25)42-30/h9-10,14,17-18,20-22,24H,1-8,11-13,15-16H2,(H,38,39)/t17-,20?,21?,22?,24?/m1/s1. The first-order chi connectivity index (χ1) is 20.2. The van der Waals surface area contributed by atoms with Crippen LogP contribution in [0, 0.1) is 11.8 Å². The molecule has 0 radical (unpaired) electrons. The lowest BCUT2D eigenvalue weighted by Gasteiger charge is -2.38. The molecule has 0 amide bonds. The van der Waals surface area contributed by atoms with E-state index in [1.807, 2.05) is 0 Å². The van der Waals surface area contributed by atoms with Gasteiger partial charge in [0.25, 0.3) is 0 Å². The lowest BCUT2D eigenvalue weighted by atomic mass is 9.76. The molecule has 1 N–H and O–H groups in total. The number of carboxylic acids is 1. The minimum absolute atomic E-state index is 0.0121. The highest BCUT2D eigenvalue weighted by molar-refractivity contribution is 7.22. The van der Waals surface area contributed by atoms with Gasteiger partial charge in [-0.25, -0.2) is 9.78 Å². The van der Waals surface area contributed by atoms with Crippen molar-refractivity contribution in [3.8, 4) is 0 Å². The van der Waals surface area contributed by atoms with Gasteiger partial charge in [0.05, 0.1) is 40.1 Å². The topological polar surface area (TPSA) is 88.7 Å². The van der Waals surface area contributed by atoms with E-state index in [2.05, 4.69) is 10.1 Å². The summed E-state index contributed by atoms with van der Waals surface area (Å²) in [5, 5.41) is 14.6. The van der Waals surface area contributed by atoms with Crippen LogP contribution in [-0.4, -0.2) is 46.1 Å². The number of thiazole rings is 1. The van der Waals surface area contributed by atoms with Crippen molar-refractivity contribution in [1.29, 1.82) is 0 Å². The second kappa shape index (κ2) is 11.1. The molecule has 4 fully saturated rings. The molecule has 3 aliphatic carbocycles.